The molecular weight excluding hydrogens is 232 g/mol. The van der Waals surface area contributed by atoms with Crippen molar-refractivity contribution < 1.29 is 18.9 Å². The molecule has 0 spiro atoms. The van der Waals surface area contributed by atoms with Crippen molar-refractivity contribution in [2.24, 2.45) is 0 Å². The van der Waals surface area contributed by atoms with E-state index in [4.69, 9.17) is 18.9 Å². The van der Waals surface area contributed by atoms with Gasteiger partial charge >= 0.3 is 0 Å². The summed E-state index contributed by atoms with van der Waals surface area (Å²) in [5.41, 5.74) is 1.23. The van der Waals surface area contributed by atoms with Gasteiger partial charge in [-0.3, -0.25) is 0 Å². The molecule has 0 aliphatic heterocycles. The Morgan fingerprint density at radius 3 is 1.94 bits per heavy atom. The van der Waals surface area contributed by atoms with Crippen molar-refractivity contribution in [3.63, 3.8) is 0 Å². The van der Waals surface area contributed by atoms with E-state index in [1.54, 1.807) is 7.11 Å². The monoisotopic (exact) mass is 254 g/mol. The van der Waals surface area contributed by atoms with Crippen LogP contribution in [0.4, 0.5) is 0 Å². The molecule has 0 fully saturated rings. The third kappa shape index (κ3) is 7.27. The van der Waals surface area contributed by atoms with Gasteiger partial charge in [-0.1, -0.05) is 17.7 Å². The van der Waals surface area contributed by atoms with Crippen LogP contribution in [-0.2, 0) is 14.2 Å². The highest BCUT2D eigenvalue weighted by Crippen LogP contribution is 2.10. The zero-order valence-corrected chi connectivity index (χ0v) is 11.2. The maximum absolute atomic E-state index is 5.52. The second-order valence-electron chi connectivity index (χ2n) is 3.88. The highest BCUT2D eigenvalue weighted by molar-refractivity contribution is 5.26. The second kappa shape index (κ2) is 9.88. The summed E-state index contributed by atoms with van der Waals surface area (Å²) in [6.45, 7) is 5.59. The molecule has 0 atom stereocenters. The molecule has 0 aromatic heterocycles. The molecule has 1 aromatic rings. The van der Waals surface area contributed by atoms with Gasteiger partial charge in [0.05, 0.1) is 33.0 Å². The summed E-state index contributed by atoms with van der Waals surface area (Å²) in [4.78, 5) is 0. The first-order valence-corrected chi connectivity index (χ1v) is 6.17. The van der Waals surface area contributed by atoms with Gasteiger partial charge < -0.3 is 18.9 Å². The minimum Gasteiger partial charge on any atom is -0.491 e. The van der Waals surface area contributed by atoms with Crippen LogP contribution in [-0.4, -0.2) is 46.8 Å². The first kappa shape index (κ1) is 15.0. The van der Waals surface area contributed by atoms with E-state index < -0.39 is 0 Å². The Labute approximate surface area is 109 Å². The first-order valence-electron chi connectivity index (χ1n) is 6.17. The quantitative estimate of drug-likeness (QED) is 0.599. The number of hydrogen-bond donors (Lipinski definition) is 0. The molecule has 0 saturated heterocycles. The van der Waals surface area contributed by atoms with Gasteiger partial charge in [0, 0.05) is 7.11 Å². The molecule has 1 rings (SSSR count). The lowest BCUT2D eigenvalue weighted by molar-refractivity contribution is 0.0180. The number of benzene rings is 1. The SMILES string of the molecule is COCCOCCOCCOc1ccc(C)cc1. The van der Waals surface area contributed by atoms with Gasteiger partial charge in [0.1, 0.15) is 12.4 Å². The summed E-state index contributed by atoms with van der Waals surface area (Å²) < 4.78 is 21.0. The van der Waals surface area contributed by atoms with Crippen LogP contribution < -0.4 is 4.74 Å². The van der Waals surface area contributed by atoms with Crippen molar-refractivity contribution in [1.82, 2.24) is 0 Å². The Bertz CT molecular complexity index is 297. The molecule has 0 heterocycles. The summed E-state index contributed by atoms with van der Waals surface area (Å²) in [6, 6.07) is 7.98. The molecule has 0 aliphatic carbocycles. The summed E-state index contributed by atoms with van der Waals surface area (Å²) in [6.07, 6.45) is 0. The fourth-order valence-electron chi connectivity index (χ4n) is 1.32. The zero-order valence-electron chi connectivity index (χ0n) is 11.2. The highest BCUT2D eigenvalue weighted by atomic mass is 16.6. The predicted molar refractivity (Wildman–Crippen MR) is 70.2 cm³/mol. The van der Waals surface area contributed by atoms with E-state index in [1.165, 1.54) is 5.56 Å². The molecule has 18 heavy (non-hydrogen) atoms. The predicted octanol–water partition coefficient (Wildman–Crippen LogP) is 2.05. The fourth-order valence-corrected chi connectivity index (χ4v) is 1.32. The van der Waals surface area contributed by atoms with Gasteiger partial charge in [0.2, 0.25) is 0 Å². The van der Waals surface area contributed by atoms with Crippen molar-refractivity contribution in [2.75, 3.05) is 46.8 Å². The standard InChI is InChI=1S/C14H22O4/c1-13-3-5-14(6-4-13)18-12-11-17-10-9-16-8-7-15-2/h3-6H,7-12H2,1-2H3. The third-order valence-corrected chi connectivity index (χ3v) is 2.32. The van der Waals surface area contributed by atoms with E-state index in [1.807, 2.05) is 24.3 Å². The van der Waals surface area contributed by atoms with E-state index >= 15 is 0 Å². The lowest BCUT2D eigenvalue weighted by Gasteiger charge is -2.07. The van der Waals surface area contributed by atoms with Gasteiger partial charge in [-0.2, -0.15) is 0 Å². The van der Waals surface area contributed by atoms with Gasteiger partial charge in [-0.05, 0) is 19.1 Å². The van der Waals surface area contributed by atoms with Crippen molar-refractivity contribution >= 4 is 0 Å². The van der Waals surface area contributed by atoms with Crippen molar-refractivity contribution in [3.8, 4) is 5.75 Å². The summed E-state index contributed by atoms with van der Waals surface area (Å²) >= 11 is 0. The topological polar surface area (TPSA) is 36.9 Å². The number of rotatable bonds is 10. The summed E-state index contributed by atoms with van der Waals surface area (Å²) in [5, 5.41) is 0. The number of hydrogen-bond acceptors (Lipinski definition) is 4. The molecular formula is C14H22O4. The maximum Gasteiger partial charge on any atom is 0.119 e. The summed E-state index contributed by atoms with van der Waals surface area (Å²) in [7, 11) is 1.66. The van der Waals surface area contributed by atoms with Crippen LogP contribution in [0.5, 0.6) is 5.75 Å². The number of methoxy groups -OCH3 is 1. The van der Waals surface area contributed by atoms with Crippen LogP contribution in [0.3, 0.4) is 0 Å². The maximum atomic E-state index is 5.52. The largest absolute Gasteiger partial charge is 0.491 e. The number of ether oxygens (including phenoxy) is 4. The Balaban J connectivity index is 1.91. The van der Waals surface area contributed by atoms with Crippen LogP contribution in [0.15, 0.2) is 24.3 Å². The molecule has 0 bridgehead atoms. The zero-order chi connectivity index (χ0) is 13.1. The molecule has 102 valence electrons. The van der Waals surface area contributed by atoms with Crippen molar-refractivity contribution in [2.45, 2.75) is 6.92 Å². The van der Waals surface area contributed by atoms with Crippen LogP contribution in [0.2, 0.25) is 0 Å². The van der Waals surface area contributed by atoms with Crippen LogP contribution >= 0.6 is 0 Å². The van der Waals surface area contributed by atoms with Gasteiger partial charge in [0.25, 0.3) is 0 Å². The summed E-state index contributed by atoms with van der Waals surface area (Å²) in [5.74, 6) is 0.876. The fraction of sp³-hybridized carbons (Fsp3) is 0.571. The van der Waals surface area contributed by atoms with Crippen molar-refractivity contribution in [3.05, 3.63) is 29.8 Å². The van der Waals surface area contributed by atoms with E-state index in [0.29, 0.717) is 39.6 Å². The molecule has 0 unspecified atom stereocenters. The Hall–Kier alpha value is -1.10. The van der Waals surface area contributed by atoms with Gasteiger partial charge in [-0.15, -0.1) is 0 Å². The molecule has 0 amide bonds. The molecule has 0 N–H and O–H groups in total. The van der Waals surface area contributed by atoms with Crippen LogP contribution in [0, 0.1) is 6.92 Å². The molecule has 4 nitrogen and oxygen atoms in total. The molecule has 0 saturated carbocycles. The van der Waals surface area contributed by atoms with Crippen LogP contribution in [0.25, 0.3) is 0 Å². The van der Waals surface area contributed by atoms with E-state index in [0.717, 1.165) is 5.75 Å². The smallest absolute Gasteiger partial charge is 0.119 e. The Morgan fingerprint density at radius 1 is 0.778 bits per heavy atom. The van der Waals surface area contributed by atoms with Gasteiger partial charge in [0.15, 0.2) is 0 Å². The van der Waals surface area contributed by atoms with Crippen LogP contribution in [0.1, 0.15) is 5.56 Å². The molecule has 0 aliphatic rings. The second-order valence-corrected chi connectivity index (χ2v) is 3.88. The number of aryl methyl sites for hydroxylation is 1. The van der Waals surface area contributed by atoms with Gasteiger partial charge in [-0.25, -0.2) is 0 Å². The third-order valence-electron chi connectivity index (χ3n) is 2.32. The van der Waals surface area contributed by atoms with E-state index in [-0.39, 0.29) is 0 Å². The van der Waals surface area contributed by atoms with Crippen molar-refractivity contribution in [1.29, 1.82) is 0 Å². The highest BCUT2D eigenvalue weighted by Gasteiger charge is 1.94. The molecule has 1 aromatic carbocycles. The minimum atomic E-state index is 0.557. The minimum absolute atomic E-state index is 0.557. The lowest BCUT2D eigenvalue weighted by atomic mass is 10.2. The Kier molecular flexibility index (Phi) is 8.21. The molecule has 4 heteroatoms. The first-order chi connectivity index (χ1) is 8.83. The normalized spacial score (nSPS) is 10.6. The lowest BCUT2D eigenvalue weighted by Crippen LogP contribution is -2.12. The average Bonchev–Trinajstić information content (AvgIpc) is 2.39. The average molecular weight is 254 g/mol. The molecule has 0 radical (unpaired) electrons. The Morgan fingerprint density at radius 2 is 1.33 bits per heavy atom. The van der Waals surface area contributed by atoms with E-state index in [2.05, 4.69) is 6.92 Å². The van der Waals surface area contributed by atoms with E-state index in [9.17, 15) is 0 Å².